The molecule has 316 valence electrons. The van der Waals surface area contributed by atoms with Crippen LogP contribution in [0, 0.1) is 0 Å². The lowest BCUT2D eigenvalue weighted by Gasteiger charge is -2.44. The van der Waals surface area contributed by atoms with Crippen LogP contribution in [0.2, 0.25) is 5.04 Å². The highest BCUT2D eigenvalue weighted by Crippen LogP contribution is 2.38. The van der Waals surface area contributed by atoms with Crippen LogP contribution >= 0.6 is 0 Å². The Morgan fingerprint density at radius 1 is 0.780 bits per heavy atom. The van der Waals surface area contributed by atoms with Gasteiger partial charge in [0.2, 0.25) is 23.6 Å². The Morgan fingerprint density at radius 2 is 1.39 bits per heavy atom. The van der Waals surface area contributed by atoms with Gasteiger partial charge in [-0.2, -0.15) is 0 Å². The monoisotopic (exact) mass is 820 g/mol. The first-order chi connectivity index (χ1) is 28.4. The third-order valence-corrected chi connectivity index (χ3v) is 17.8. The van der Waals surface area contributed by atoms with Gasteiger partial charge in [-0.3, -0.25) is 24.0 Å². The highest BCUT2D eigenvalue weighted by Gasteiger charge is 2.52. The van der Waals surface area contributed by atoms with Crippen molar-refractivity contribution in [2.24, 2.45) is 0 Å². The van der Waals surface area contributed by atoms with Crippen molar-refractivity contribution in [3.63, 3.8) is 0 Å². The summed E-state index contributed by atoms with van der Waals surface area (Å²) in [5, 5.41) is 11.2. The average Bonchev–Trinajstić information content (AvgIpc) is 3.74. The number of benzene rings is 3. The minimum atomic E-state index is -2.93. The first-order valence-electron chi connectivity index (χ1n) is 22.0. The second kappa shape index (κ2) is 19.6. The van der Waals surface area contributed by atoms with E-state index < -0.39 is 38.1 Å². The summed E-state index contributed by atoms with van der Waals surface area (Å²) >= 11 is 0. The fourth-order valence-electron chi connectivity index (χ4n) is 9.54. The van der Waals surface area contributed by atoms with Gasteiger partial charge >= 0.3 is 0 Å². The molecular weight excluding hydrogens is 757 g/mol. The molecule has 0 unspecified atom stereocenters. The van der Waals surface area contributed by atoms with E-state index in [4.69, 9.17) is 4.43 Å². The standard InChI is InChI=1S/C48H64N4O6Si/c1-5-42(58-59(47(2,3)4,36-24-13-7-14-25-36)37-26-15-8-16-27-37)41(53)30-18-9-17-28-38-43(54)51-48(31-19-10-20-32-48)46(57)50-39(34-35-22-11-6-12-23-35)45(56)52-33-21-29-40(52)44(55)49-38/h6-8,11-16,22-27,38-40,42H,5,9-10,17-21,28-34H2,1-4H3,(H,49,55)(H,50,57)(H,51,54)/t38-,39-,40+,42-/m0/s1. The largest absolute Gasteiger partial charge is 0.397 e. The van der Waals surface area contributed by atoms with Crippen molar-refractivity contribution in [2.75, 3.05) is 6.54 Å². The van der Waals surface area contributed by atoms with Crippen LogP contribution in [0.1, 0.15) is 117 Å². The maximum atomic E-state index is 14.3. The number of fused-ring (bicyclic) bond motifs is 1. The normalized spacial score (nSPS) is 22.0. The van der Waals surface area contributed by atoms with Crippen molar-refractivity contribution in [1.29, 1.82) is 0 Å². The molecule has 3 fully saturated rings. The fraction of sp³-hybridized carbons (Fsp3) is 0.521. The third-order valence-electron chi connectivity index (χ3n) is 12.7. The van der Waals surface area contributed by atoms with Crippen LogP contribution in [0.15, 0.2) is 91.0 Å². The SMILES string of the molecule is CC[C@H](O[Si](c1ccccc1)(c1ccccc1)C(C)(C)C)C(=O)CCCCC[C@@H]1NC(=O)[C@H]2CCCN2C(=O)[C@H](Cc2ccccc2)NC(=O)C2(CCCCC2)NC1=O. The average molecular weight is 821 g/mol. The summed E-state index contributed by atoms with van der Waals surface area (Å²) in [6, 6.07) is 27.8. The molecule has 3 aliphatic rings. The highest BCUT2D eigenvalue weighted by molar-refractivity contribution is 6.99. The number of unbranched alkanes of at least 4 members (excludes halogenated alkanes) is 2. The zero-order valence-electron chi connectivity index (χ0n) is 35.5. The number of ketones is 1. The van der Waals surface area contributed by atoms with Crippen LogP contribution < -0.4 is 26.3 Å². The quantitative estimate of drug-likeness (QED) is 0.137. The summed E-state index contributed by atoms with van der Waals surface area (Å²) in [6.07, 6.45) is 7.37. The number of hydrogen-bond donors (Lipinski definition) is 3. The van der Waals surface area contributed by atoms with E-state index >= 15 is 0 Å². The Morgan fingerprint density at radius 3 is 1.98 bits per heavy atom. The fourth-order valence-corrected chi connectivity index (χ4v) is 14.3. The van der Waals surface area contributed by atoms with Crippen LogP contribution in [0.25, 0.3) is 0 Å². The van der Waals surface area contributed by atoms with E-state index in [-0.39, 0.29) is 40.9 Å². The van der Waals surface area contributed by atoms with E-state index in [1.165, 1.54) is 0 Å². The Hall–Kier alpha value is -4.61. The minimum absolute atomic E-state index is 0.0688. The van der Waals surface area contributed by atoms with Gasteiger partial charge in [0.1, 0.15) is 29.8 Å². The molecule has 3 aromatic rings. The molecule has 2 aliphatic heterocycles. The molecule has 2 heterocycles. The van der Waals surface area contributed by atoms with Crippen molar-refractivity contribution < 1.29 is 28.4 Å². The van der Waals surface area contributed by atoms with Crippen LogP contribution in [-0.4, -0.2) is 78.9 Å². The molecule has 0 radical (unpaired) electrons. The molecule has 59 heavy (non-hydrogen) atoms. The highest BCUT2D eigenvalue weighted by atomic mass is 28.4. The number of carbonyl (C=O) groups excluding carboxylic acids is 5. The maximum Gasteiger partial charge on any atom is 0.262 e. The number of hydrogen-bond acceptors (Lipinski definition) is 6. The molecule has 1 aliphatic carbocycles. The van der Waals surface area contributed by atoms with Gasteiger partial charge in [-0.1, -0.05) is 151 Å². The summed E-state index contributed by atoms with van der Waals surface area (Å²) in [5.41, 5.74) is -0.275. The van der Waals surface area contributed by atoms with Crippen LogP contribution in [0.4, 0.5) is 0 Å². The van der Waals surface area contributed by atoms with Crippen LogP contribution in [0.3, 0.4) is 0 Å². The maximum absolute atomic E-state index is 14.3. The Labute approximate surface area is 351 Å². The van der Waals surface area contributed by atoms with Gasteiger partial charge in [0.05, 0.1) is 0 Å². The molecule has 1 saturated carbocycles. The Bertz CT molecular complexity index is 1860. The van der Waals surface area contributed by atoms with E-state index in [0.717, 1.165) is 35.2 Å². The summed E-state index contributed by atoms with van der Waals surface area (Å²) in [5.74, 6) is -1.28. The Balaban J connectivity index is 1.14. The summed E-state index contributed by atoms with van der Waals surface area (Å²) in [7, 11) is -2.93. The Kier molecular flexibility index (Phi) is 14.6. The summed E-state index contributed by atoms with van der Waals surface area (Å²) in [4.78, 5) is 72.2. The molecule has 0 bridgehead atoms. The van der Waals surface area contributed by atoms with Gasteiger partial charge in [0.25, 0.3) is 8.32 Å². The van der Waals surface area contributed by atoms with Crippen LogP contribution in [0.5, 0.6) is 0 Å². The zero-order valence-corrected chi connectivity index (χ0v) is 36.5. The van der Waals surface area contributed by atoms with Crippen molar-refractivity contribution in [1.82, 2.24) is 20.9 Å². The number of nitrogens with one attached hydrogen (secondary N) is 3. The molecular formula is C48H64N4O6Si. The zero-order chi connectivity index (χ0) is 42.0. The lowest BCUT2D eigenvalue weighted by atomic mass is 9.80. The minimum Gasteiger partial charge on any atom is -0.397 e. The van der Waals surface area contributed by atoms with Crippen molar-refractivity contribution in [3.8, 4) is 0 Å². The molecule has 1 spiro atoms. The lowest BCUT2D eigenvalue weighted by molar-refractivity contribution is -0.145. The molecule has 2 saturated heterocycles. The van der Waals surface area contributed by atoms with E-state index in [2.05, 4.69) is 61.0 Å². The number of carbonyl (C=O) groups is 5. The molecule has 4 atom stereocenters. The topological polar surface area (TPSA) is 134 Å². The predicted octanol–water partition coefficient (Wildman–Crippen LogP) is 5.90. The van der Waals surface area contributed by atoms with Gasteiger partial charge in [-0.15, -0.1) is 0 Å². The molecule has 3 aromatic carbocycles. The number of amides is 4. The van der Waals surface area contributed by atoms with Crippen molar-refractivity contribution in [2.45, 2.75) is 152 Å². The van der Waals surface area contributed by atoms with Gasteiger partial charge < -0.3 is 25.3 Å². The van der Waals surface area contributed by atoms with Gasteiger partial charge in [0, 0.05) is 19.4 Å². The lowest BCUT2D eigenvalue weighted by Crippen LogP contribution is -2.68. The number of rotatable bonds is 14. The number of nitrogens with zero attached hydrogens (tertiary/aromatic N) is 1. The molecule has 6 rings (SSSR count). The van der Waals surface area contributed by atoms with Crippen molar-refractivity contribution in [3.05, 3.63) is 96.6 Å². The van der Waals surface area contributed by atoms with E-state index in [1.54, 1.807) is 4.90 Å². The third kappa shape index (κ3) is 10.1. The smallest absolute Gasteiger partial charge is 0.262 e. The first-order valence-corrected chi connectivity index (χ1v) is 23.9. The second-order valence-corrected chi connectivity index (χ2v) is 22.1. The van der Waals surface area contributed by atoms with Crippen molar-refractivity contribution >= 4 is 48.1 Å². The predicted molar refractivity (Wildman–Crippen MR) is 234 cm³/mol. The number of Topliss-reactive ketones (excluding diaryl/α,β-unsaturated/α-hetero) is 1. The van der Waals surface area contributed by atoms with E-state index in [0.29, 0.717) is 70.8 Å². The van der Waals surface area contributed by atoms with E-state index in [1.807, 2.05) is 73.7 Å². The molecule has 0 aromatic heterocycles. The molecule has 11 heteroatoms. The molecule has 4 amide bonds. The second-order valence-electron chi connectivity index (χ2n) is 17.8. The van der Waals surface area contributed by atoms with Gasteiger partial charge in [0.15, 0.2) is 5.78 Å². The van der Waals surface area contributed by atoms with Gasteiger partial charge in [-0.05, 0) is 65.9 Å². The first kappa shape index (κ1) is 44.0. The summed E-state index contributed by atoms with van der Waals surface area (Å²) < 4.78 is 7.20. The van der Waals surface area contributed by atoms with Gasteiger partial charge in [-0.25, -0.2) is 0 Å². The van der Waals surface area contributed by atoms with E-state index in [9.17, 15) is 24.0 Å². The summed E-state index contributed by atoms with van der Waals surface area (Å²) in [6.45, 7) is 9.05. The molecule has 3 N–H and O–H groups in total. The van der Waals surface area contributed by atoms with Crippen LogP contribution in [-0.2, 0) is 34.8 Å². The molecule has 10 nitrogen and oxygen atoms in total.